The van der Waals surface area contributed by atoms with Crippen LogP contribution in [0.15, 0.2) is 54.6 Å². The number of carbonyl (C=O) groups excluding carboxylic acids is 3. The molecule has 36 heavy (non-hydrogen) atoms. The van der Waals surface area contributed by atoms with E-state index in [-0.39, 0.29) is 43.1 Å². The fourth-order valence-corrected chi connectivity index (χ4v) is 3.29. The number of aromatic carboxylic acids is 1. The Morgan fingerprint density at radius 1 is 0.806 bits per heavy atom. The van der Waals surface area contributed by atoms with E-state index in [9.17, 15) is 24.0 Å². The Labute approximate surface area is 209 Å². The van der Waals surface area contributed by atoms with Crippen molar-refractivity contribution in [2.75, 3.05) is 31.5 Å². The molecule has 0 aliphatic carbocycles. The van der Waals surface area contributed by atoms with Gasteiger partial charge in [-0.15, -0.1) is 0 Å². The molecule has 0 atom stereocenters. The van der Waals surface area contributed by atoms with Crippen LogP contribution in [0.1, 0.15) is 47.4 Å². The van der Waals surface area contributed by atoms with Crippen LogP contribution in [-0.2, 0) is 14.4 Å². The summed E-state index contributed by atoms with van der Waals surface area (Å²) in [5, 5.41) is 20.9. The number of carboxylic acid groups (broad SMARTS) is 2. The van der Waals surface area contributed by atoms with Gasteiger partial charge in [0, 0.05) is 24.3 Å². The second-order valence-corrected chi connectivity index (χ2v) is 8.66. The topological polar surface area (TPSA) is 144 Å². The zero-order valence-electron chi connectivity index (χ0n) is 20.3. The Hall–Kier alpha value is -4.21. The highest BCUT2D eigenvalue weighted by molar-refractivity contribution is 5.99. The maximum atomic E-state index is 13.2. The van der Waals surface area contributed by atoms with Gasteiger partial charge in [-0.3, -0.25) is 19.2 Å². The lowest BCUT2D eigenvalue weighted by Gasteiger charge is -2.28. The smallest absolute Gasteiger partial charge is 0.335 e. The summed E-state index contributed by atoms with van der Waals surface area (Å²) in [4.78, 5) is 63.6. The fourth-order valence-electron chi connectivity index (χ4n) is 3.29. The van der Waals surface area contributed by atoms with Crippen molar-refractivity contribution in [3.05, 3.63) is 65.7 Å². The van der Waals surface area contributed by atoms with Crippen molar-refractivity contribution >= 4 is 35.3 Å². The van der Waals surface area contributed by atoms with Crippen molar-refractivity contribution in [3.63, 3.8) is 0 Å². The predicted octanol–water partition coefficient (Wildman–Crippen LogP) is 2.82. The highest BCUT2D eigenvalue weighted by Crippen LogP contribution is 2.11. The number of carboxylic acids is 2. The van der Waals surface area contributed by atoms with Gasteiger partial charge in [-0.1, -0.05) is 32.0 Å². The number of hydrogen-bond donors (Lipinski definition) is 3. The van der Waals surface area contributed by atoms with Gasteiger partial charge in [0.25, 0.3) is 5.91 Å². The summed E-state index contributed by atoms with van der Waals surface area (Å²) in [6.07, 6.45) is 0.247. The van der Waals surface area contributed by atoms with Gasteiger partial charge in [0.05, 0.1) is 18.5 Å². The molecule has 2 aromatic carbocycles. The average Bonchev–Trinajstić information content (AvgIpc) is 2.84. The number of rotatable bonds is 13. The number of nitrogens with one attached hydrogen (secondary N) is 1. The number of carbonyl (C=O) groups is 5. The van der Waals surface area contributed by atoms with Gasteiger partial charge in [0.15, 0.2) is 0 Å². The molecular formula is C26H31N3O7. The van der Waals surface area contributed by atoms with Crippen LogP contribution in [0.4, 0.5) is 5.69 Å². The minimum absolute atomic E-state index is 0.0102. The van der Waals surface area contributed by atoms with Crippen LogP contribution in [0.25, 0.3) is 0 Å². The SMILES string of the molecule is CC(C)CCN(CC(=O)Nc1ccccc1)C(=O)CN(CCC(=O)O)C(=O)c1ccc(C(=O)O)cc1. The first-order valence-electron chi connectivity index (χ1n) is 11.5. The van der Waals surface area contributed by atoms with Gasteiger partial charge >= 0.3 is 11.9 Å². The molecule has 0 heterocycles. The summed E-state index contributed by atoms with van der Waals surface area (Å²) >= 11 is 0. The number of hydrogen-bond acceptors (Lipinski definition) is 5. The van der Waals surface area contributed by atoms with Crippen LogP contribution < -0.4 is 5.32 Å². The lowest BCUT2D eigenvalue weighted by Crippen LogP contribution is -2.46. The summed E-state index contributed by atoms with van der Waals surface area (Å²) in [6, 6.07) is 13.9. The van der Waals surface area contributed by atoms with E-state index in [1.54, 1.807) is 24.3 Å². The predicted molar refractivity (Wildman–Crippen MR) is 133 cm³/mol. The summed E-state index contributed by atoms with van der Waals surface area (Å²) < 4.78 is 0. The molecule has 0 bridgehead atoms. The monoisotopic (exact) mass is 497 g/mol. The third kappa shape index (κ3) is 9.21. The van der Waals surface area contributed by atoms with Gasteiger partial charge in [-0.05, 0) is 48.7 Å². The van der Waals surface area contributed by atoms with Gasteiger partial charge in [0.1, 0.15) is 6.54 Å². The lowest BCUT2D eigenvalue weighted by molar-refractivity contribution is -0.138. The van der Waals surface area contributed by atoms with Crippen molar-refractivity contribution in [2.24, 2.45) is 5.92 Å². The van der Waals surface area contributed by atoms with E-state index in [1.165, 1.54) is 29.2 Å². The molecule has 0 saturated heterocycles. The highest BCUT2D eigenvalue weighted by atomic mass is 16.4. The van der Waals surface area contributed by atoms with E-state index in [1.807, 2.05) is 19.9 Å². The summed E-state index contributed by atoms with van der Waals surface area (Å²) in [6.45, 7) is 3.37. The van der Waals surface area contributed by atoms with Gasteiger partial charge in [-0.25, -0.2) is 4.79 Å². The zero-order valence-corrected chi connectivity index (χ0v) is 20.3. The zero-order chi connectivity index (χ0) is 26.7. The second-order valence-electron chi connectivity index (χ2n) is 8.66. The molecule has 192 valence electrons. The van der Waals surface area contributed by atoms with Crippen molar-refractivity contribution in [3.8, 4) is 0 Å². The van der Waals surface area contributed by atoms with Crippen LogP contribution in [0.2, 0.25) is 0 Å². The molecule has 10 heteroatoms. The summed E-state index contributed by atoms with van der Waals surface area (Å²) in [5.74, 6) is -3.54. The second kappa shape index (κ2) is 13.6. The minimum atomic E-state index is -1.15. The maximum absolute atomic E-state index is 13.2. The fraction of sp³-hybridized carbons (Fsp3) is 0.346. The van der Waals surface area contributed by atoms with Crippen molar-refractivity contribution in [1.82, 2.24) is 9.80 Å². The molecule has 0 unspecified atom stereocenters. The Balaban J connectivity index is 2.18. The van der Waals surface area contributed by atoms with E-state index in [0.717, 1.165) is 4.90 Å². The molecule has 0 saturated carbocycles. The molecule has 0 spiro atoms. The van der Waals surface area contributed by atoms with E-state index in [0.29, 0.717) is 12.1 Å². The van der Waals surface area contributed by atoms with E-state index >= 15 is 0 Å². The van der Waals surface area contributed by atoms with Gasteiger partial charge < -0.3 is 25.3 Å². The van der Waals surface area contributed by atoms with E-state index in [2.05, 4.69) is 5.32 Å². The van der Waals surface area contributed by atoms with Gasteiger partial charge in [-0.2, -0.15) is 0 Å². The highest BCUT2D eigenvalue weighted by Gasteiger charge is 2.24. The van der Waals surface area contributed by atoms with Crippen LogP contribution in [0.3, 0.4) is 0 Å². The standard InChI is InChI=1S/C26H31N3O7/c1-18(2)12-14-28(16-22(30)27-21-6-4-3-5-7-21)23(31)17-29(15-13-24(32)33)25(34)19-8-10-20(11-9-19)26(35)36/h3-11,18H,12-17H2,1-2H3,(H,27,30)(H,32,33)(H,35,36). The number of nitrogens with zero attached hydrogens (tertiary/aromatic N) is 2. The number of anilines is 1. The molecular weight excluding hydrogens is 466 g/mol. The minimum Gasteiger partial charge on any atom is -0.481 e. The van der Waals surface area contributed by atoms with E-state index < -0.39 is 36.2 Å². The van der Waals surface area contributed by atoms with Crippen LogP contribution in [-0.4, -0.2) is 75.9 Å². The first kappa shape index (κ1) is 28.0. The number of amides is 3. The number of para-hydroxylation sites is 1. The Morgan fingerprint density at radius 3 is 1.97 bits per heavy atom. The van der Waals surface area contributed by atoms with Crippen molar-refractivity contribution in [2.45, 2.75) is 26.7 Å². The number of benzene rings is 2. The molecule has 3 N–H and O–H groups in total. The Bertz CT molecular complexity index is 1070. The quantitative estimate of drug-likeness (QED) is 0.386. The molecule has 2 aromatic rings. The molecule has 0 radical (unpaired) electrons. The van der Waals surface area contributed by atoms with Crippen molar-refractivity contribution in [1.29, 1.82) is 0 Å². The van der Waals surface area contributed by atoms with Crippen LogP contribution in [0.5, 0.6) is 0 Å². The Morgan fingerprint density at radius 2 is 1.42 bits per heavy atom. The molecule has 2 rings (SSSR count). The van der Waals surface area contributed by atoms with E-state index in [4.69, 9.17) is 10.2 Å². The largest absolute Gasteiger partial charge is 0.481 e. The maximum Gasteiger partial charge on any atom is 0.335 e. The summed E-state index contributed by atoms with van der Waals surface area (Å²) in [7, 11) is 0. The third-order valence-electron chi connectivity index (χ3n) is 5.31. The summed E-state index contributed by atoms with van der Waals surface area (Å²) in [5.41, 5.74) is 0.694. The van der Waals surface area contributed by atoms with Crippen LogP contribution >= 0.6 is 0 Å². The van der Waals surface area contributed by atoms with Crippen molar-refractivity contribution < 1.29 is 34.2 Å². The molecule has 0 fully saturated rings. The average molecular weight is 498 g/mol. The first-order valence-corrected chi connectivity index (χ1v) is 11.5. The Kier molecular flexibility index (Phi) is 10.6. The third-order valence-corrected chi connectivity index (χ3v) is 5.31. The van der Waals surface area contributed by atoms with Gasteiger partial charge in [0.2, 0.25) is 11.8 Å². The number of aliphatic carboxylic acids is 1. The molecule has 10 nitrogen and oxygen atoms in total. The molecule has 0 aliphatic heterocycles. The molecule has 3 amide bonds. The lowest BCUT2D eigenvalue weighted by atomic mass is 10.1. The molecule has 0 aromatic heterocycles. The van der Waals surface area contributed by atoms with Crippen LogP contribution in [0, 0.1) is 5.92 Å². The normalized spacial score (nSPS) is 10.5. The molecule has 0 aliphatic rings. The first-order chi connectivity index (χ1) is 17.1.